The van der Waals surface area contributed by atoms with Crippen LogP contribution < -0.4 is 4.74 Å². The number of benzene rings is 1. The van der Waals surface area contributed by atoms with Crippen LogP contribution in [0.2, 0.25) is 0 Å². The molecular formula is C17H22O3. The van der Waals surface area contributed by atoms with Gasteiger partial charge in [-0.05, 0) is 56.0 Å². The minimum absolute atomic E-state index is 0.147. The van der Waals surface area contributed by atoms with Gasteiger partial charge in [-0.15, -0.1) is 0 Å². The molecule has 2 rings (SSSR count). The number of carbonyl (C=O) groups is 1. The van der Waals surface area contributed by atoms with E-state index in [9.17, 15) is 4.79 Å². The molecule has 0 aliphatic heterocycles. The van der Waals surface area contributed by atoms with Crippen LogP contribution in [0.15, 0.2) is 36.1 Å². The molecule has 0 bridgehead atoms. The maximum absolute atomic E-state index is 12.1. The van der Waals surface area contributed by atoms with E-state index in [1.807, 2.05) is 31.2 Å². The Balaban J connectivity index is 1.89. The zero-order chi connectivity index (χ0) is 14.4. The lowest BCUT2D eigenvalue weighted by Crippen LogP contribution is -2.02. The number of ether oxygens (including phenoxy) is 2. The first-order valence-corrected chi connectivity index (χ1v) is 7.23. The Morgan fingerprint density at radius 3 is 2.50 bits per heavy atom. The molecule has 3 nitrogen and oxygen atoms in total. The van der Waals surface area contributed by atoms with Gasteiger partial charge in [0.2, 0.25) is 0 Å². The van der Waals surface area contributed by atoms with Gasteiger partial charge in [0.05, 0.1) is 19.5 Å². The first-order valence-electron chi connectivity index (χ1n) is 7.23. The Morgan fingerprint density at radius 2 is 1.95 bits per heavy atom. The summed E-state index contributed by atoms with van der Waals surface area (Å²) in [4.78, 5) is 12.1. The molecule has 0 N–H and O–H groups in total. The second-order valence-electron chi connectivity index (χ2n) is 5.06. The van der Waals surface area contributed by atoms with Gasteiger partial charge >= 0.3 is 0 Å². The van der Waals surface area contributed by atoms with Gasteiger partial charge in [0.15, 0.2) is 5.78 Å². The molecule has 0 unspecified atom stereocenters. The number of methoxy groups -OCH3 is 1. The molecule has 3 heteroatoms. The predicted molar refractivity (Wildman–Crippen MR) is 79.0 cm³/mol. The third-order valence-corrected chi connectivity index (χ3v) is 3.38. The summed E-state index contributed by atoms with van der Waals surface area (Å²) in [6.45, 7) is 2.64. The maximum Gasteiger partial charge on any atom is 0.163 e. The summed E-state index contributed by atoms with van der Waals surface area (Å²) >= 11 is 0. The Labute approximate surface area is 120 Å². The van der Waals surface area contributed by atoms with Crippen LogP contribution in [0.25, 0.3) is 0 Å². The monoisotopic (exact) mass is 274 g/mol. The van der Waals surface area contributed by atoms with Crippen molar-refractivity contribution in [2.24, 2.45) is 5.92 Å². The van der Waals surface area contributed by atoms with E-state index in [-0.39, 0.29) is 5.78 Å². The molecule has 1 aromatic carbocycles. The highest BCUT2D eigenvalue weighted by molar-refractivity contribution is 5.96. The number of Topliss-reactive ketones (excluding diaryl/α,β-unsaturated/α-hetero) is 1. The standard InChI is InChI=1S/C17H22O3/c1-3-20-16(12-13-4-5-13)10-11-17(18)14-6-8-15(19-2)9-7-14/h6-9,12-13H,3-5,10-11H2,1-2H3/b16-12-. The van der Waals surface area contributed by atoms with Crippen LogP contribution in [0.5, 0.6) is 5.75 Å². The van der Waals surface area contributed by atoms with Crippen LogP contribution in [0, 0.1) is 5.92 Å². The molecule has 1 aliphatic carbocycles. The molecule has 0 amide bonds. The molecule has 1 fully saturated rings. The molecule has 1 saturated carbocycles. The average molecular weight is 274 g/mol. The smallest absolute Gasteiger partial charge is 0.163 e. The summed E-state index contributed by atoms with van der Waals surface area (Å²) < 4.78 is 10.7. The van der Waals surface area contributed by atoms with E-state index in [0.29, 0.717) is 25.4 Å². The summed E-state index contributed by atoms with van der Waals surface area (Å²) in [6, 6.07) is 7.26. The van der Waals surface area contributed by atoms with E-state index in [1.165, 1.54) is 12.8 Å². The van der Waals surface area contributed by atoms with Crippen molar-refractivity contribution in [1.82, 2.24) is 0 Å². The topological polar surface area (TPSA) is 35.5 Å². The fraction of sp³-hybridized carbons (Fsp3) is 0.471. The van der Waals surface area contributed by atoms with Crippen molar-refractivity contribution in [1.29, 1.82) is 0 Å². The average Bonchev–Trinajstić information content (AvgIpc) is 3.29. The molecule has 0 heterocycles. The molecule has 108 valence electrons. The van der Waals surface area contributed by atoms with E-state index in [0.717, 1.165) is 17.1 Å². The predicted octanol–water partition coefficient (Wildman–Crippen LogP) is 3.99. The second kappa shape index (κ2) is 7.13. The van der Waals surface area contributed by atoms with Crippen molar-refractivity contribution in [3.05, 3.63) is 41.7 Å². The van der Waals surface area contributed by atoms with Crippen molar-refractivity contribution in [2.75, 3.05) is 13.7 Å². The first kappa shape index (κ1) is 14.6. The van der Waals surface area contributed by atoms with Gasteiger partial charge in [-0.25, -0.2) is 0 Å². The molecule has 0 aromatic heterocycles. The van der Waals surface area contributed by atoms with Crippen LogP contribution >= 0.6 is 0 Å². The van der Waals surface area contributed by atoms with E-state index in [4.69, 9.17) is 9.47 Å². The van der Waals surface area contributed by atoms with Gasteiger partial charge in [0.25, 0.3) is 0 Å². The summed E-state index contributed by atoms with van der Waals surface area (Å²) in [7, 11) is 1.62. The van der Waals surface area contributed by atoms with Gasteiger partial charge < -0.3 is 9.47 Å². The normalized spacial score (nSPS) is 15.0. The van der Waals surface area contributed by atoms with Gasteiger partial charge in [-0.2, -0.15) is 0 Å². The molecule has 1 aliphatic rings. The molecular weight excluding hydrogens is 252 g/mol. The number of allylic oxidation sites excluding steroid dienone is 2. The molecule has 0 spiro atoms. The number of rotatable bonds is 8. The summed E-state index contributed by atoms with van der Waals surface area (Å²) in [5.41, 5.74) is 0.730. The Kier molecular flexibility index (Phi) is 5.22. The Bertz CT molecular complexity index is 470. The van der Waals surface area contributed by atoms with Crippen molar-refractivity contribution < 1.29 is 14.3 Å². The molecule has 1 aromatic rings. The third kappa shape index (κ3) is 4.41. The summed E-state index contributed by atoms with van der Waals surface area (Å²) in [6.07, 6.45) is 5.87. The highest BCUT2D eigenvalue weighted by Crippen LogP contribution is 2.32. The quantitative estimate of drug-likeness (QED) is 0.531. The summed E-state index contributed by atoms with van der Waals surface area (Å²) in [5.74, 6) is 2.56. The number of hydrogen-bond donors (Lipinski definition) is 0. The fourth-order valence-corrected chi connectivity index (χ4v) is 2.07. The lowest BCUT2D eigenvalue weighted by atomic mass is 10.1. The van der Waals surface area contributed by atoms with E-state index < -0.39 is 0 Å². The van der Waals surface area contributed by atoms with Crippen LogP contribution in [0.3, 0.4) is 0 Å². The van der Waals surface area contributed by atoms with Crippen molar-refractivity contribution >= 4 is 5.78 Å². The van der Waals surface area contributed by atoms with E-state index >= 15 is 0 Å². The minimum Gasteiger partial charge on any atom is -0.499 e. The molecule has 0 radical (unpaired) electrons. The van der Waals surface area contributed by atoms with Crippen molar-refractivity contribution in [2.45, 2.75) is 32.6 Å². The third-order valence-electron chi connectivity index (χ3n) is 3.38. The van der Waals surface area contributed by atoms with Crippen LogP contribution in [0.1, 0.15) is 43.0 Å². The first-order chi connectivity index (χ1) is 9.72. The van der Waals surface area contributed by atoms with Crippen molar-refractivity contribution in [3.8, 4) is 5.75 Å². The lowest BCUT2D eigenvalue weighted by molar-refractivity contribution is 0.0973. The second-order valence-corrected chi connectivity index (χ2v) is 5.06. The Morgan fingerprint density at radius 1 is 1.25 bits per heavy atom. The number of carbonyl (C=O) groups excluding carboxylic acids is 1. The number of ketones is 1. The van der Waals surface area contributed by atoms with Gasteiger partial charge in [0, 0.05) is 18.4 Å². The summed E-state index contributed by atoms with van der Waals surface area (Å²) in [5, 5.41) is 0. The van der Waals surface area contributed by atoms with Gasteiger partial charge in [-0.3, -0.25) is 4.79 Å². The zero-order valence-electron chi connectivity index (χ0n) is 12.2. The largest absolute Gasteiger partial charge is 0.499 e. The van der Waals surface area contributed by atoms with Gasteiger partial charge in [0.1, 0.15) is 5.75 Å². The van der Waals surface area contributed by atoms with E-state index in [1.54, 1.807) is 7.11 Å². The van der Waals surface area contributed by atoms with Gasteiger partial charge in [-0.1, -0.05) is 0 Å². The van der Waals surface area contributed by atoms with E-state index in [2.05, 4.69) is 6.08 Å². The van der Waals surface area contributed by atoms with Crippen LogP contribution in [-0.2, 0) is 4.74 Å². The van der Waals surface area contributed by atoms with Crippen molar-refractivity contribution in [3.63, 3.8) is 0 Å². The minimum atomic E-state index is 0.147. The zero-order valence-corrected chi connectivity index (χ0v) is 12.2. The number of hydrogen-bond acceptors (Lipinski definition) is 3. The maximum atomic E-state index is 12.1. The molecule has 0 atom stereocenters. The molecule has 0 saturated heterocycles. The SMILES string of the molecule is CCO/C(=C\C1CC1)CCC(=O)c1ccc(OC)cc1. The van der Waals surface area contributed by atoms with Crippen LogP contribution in [-0.4, -0.2) is 19.5 Å². The Hall–Kier alpha value is -1.77. The highest BCUT2D eigenvalue weighted by atomic mass is 16.5. The fourth-order valence-electron chi connectivity index (χ4n) is 2.07. The molecule has 20 heavy (non-hydrogen) atoms. The van der Waals surface area contributed by atoms with Crippen LogP contribution in [0.4, 0.5) is 0 Å². The lowest BCUT2D eigenvalue weighted by Gasteiger charge is -2.08. The highest BCUT2D eigenvalue weighted by Gasteiger charge is 2.20.